The first-order valence-electron chi connectivity index (χ1n) is 4.40. The summed E-state index contributed by atoms with van der Waals surface area (Å²) in [4.78, 5) is 3.82. The lowest BCUT2D eigenvalue weighted by Gasteiger charge is -2.09. The Morgan fingerprint density at radius 2 is 2.54 bits per heavy atom. The van der Waals surface area contributed by atoms with E-state index in [9.17, 15) is 0 Å². The Kier molecular flexibility index (Phi) is 4.49. The number of oxazole rings is 1. The van der Waals surface area contributed by atoms with E-state index in [1.165, 1.54) is 6.39 Å². The van der Waals surface area contributed by atoms with Crippen molar-refractivity contribution in [2.24, 2.45) is 5.92 Å². The van der Waals surface area contributed by atoms with Crippen molar-refractivity contribution in [1.29, 1.82) is 0 Å². The van der Waals surface area contributed by atoms with Crippen molar-refractivity contribution in [3.05, 3.63) is 18.4 Å². The van der Waals surface area contributed by atoms with E-state index in [0.29, 0.717) is 5.92 Å². The summed E-state index contributed by atoms with van der Waals surface area (Å²) >= 11 is 0. The Balaban J connectivity index is 2.07. The highest BCUT2D eigenvalue weighted by Crippen LogP contribution is 1.97. The number of aromatic nitrogens is 1. The molecule has 4 heteroatoms. The van der Waals surface area contributed by atoms with Crippen LogP contribution in [0.2, 0.25) is 0 Å². The summed E-state index contributed by atoms with van der Waals surface area (Å²) in [5.41, 5.74) is 0. The van der Waals surface area contributed by atoms with E-state index in [4.69, 9.17) is 9.15 Å². The molecule has 1 rings (SSSR count). The van der Waals surface area contributed by atoms with Gasteiger partial charge >= 0.3 is 0 Å². The van der Waals surface area contributed by atoms with Crippen LogP contribution in [0.25, 0.3) is 0 Å². The van der Waals surface area contributed by atoms with Gasteiger partial charge in [-0.1, -0.05) is 6.92 Å². The summed E-state index contributed by atoms with van der Waals surface area (Å²) in [6, 6.07) is 0. The molecule has 1 aromatic heterocycles. The number of nitrogens with zero attached hydrogens (tertiary/aromatic N) is 1. The molecule has 4 nitrogen and oxygen atoms in total. The fraction of sp³-hybridized carbons (Fsp3) is 0.667. The van der Waals surface area contributed by atoms with Gasteiger partial charge in [0.15, 0.2) is 6.39 Å². The zero-order valence-electron chi connectivity index (χ0n) is 8.12. The average Bonchev–Trinajstić information content (AvgIpc) is 2.57. The summed E-state index contributed by atoms with van der Waals surface area (Å²) in [6.07, 6.45) is 3.16. The van der Waals surface area contributed by atoms with Crippen LogP contribution in [0.15, 0.2) is 17.0 Å². The number of ether oxygens (including phenoxy) is 1. The maximum absolute atomic E-state index is 5.07. The molecule has 0 saturated carbocycles. The standard InChI is InChI=1S/C9H16N2O2/c1-8(6-12-2)3-10-4-9-5-11-7-13-9/h5,7-8,10H,3-4,6H2,1-2H3. The highest BCUT2D eigenvalue weighted by Gasteiger charge is 2.01. The molecule has 1 atom stereocenters. The molecule has 0 fully saturated rings. The quantitative estimate of drug-likeness (QED) is 0.717. The monoisotopic (exact) mass is 184 g/mol. The molecule has 0 aliphatic rings. The number of hydrogen-bond donors (Lipinski definition) is 1. The number of rotatable bonds is 6. The lowest BCUT2D eigenvalue weighted by Crippen LogP contribution is -2.23. The van der Waals surface area contributed by atoms with Gasteiger partial charge in [-0.15, -0.1) is 0 Å². The maximum Gasteiger partial charge on any atom is 0.180 e. The van der Waals surface area contributed by atoms with E-state index < -0.39 is 0 Å². The Bertz CT molecular complexity index is 211. The molecule has 0 aromatic carbocycles. The first kappa shape index (κ1) is 10.2. The minimum absolute atomic E-state index is 0.521. The minimum Gasteiger partial charge on any atom is -0.447 e. The summed E-state index contributed by atoms with van der Waals surface area (Å²) < 4.78 is 10.1. The van der Waals surface area contributed by atoms with E-state index in [1.807, 2.05) is 0 Å². The van der Waals surface area contributed by atoms with E-state index in [0.717, 1.165) is 25.5 Å². The summed E-state index contributed by atoms with van der Waals surface area (Å²) in [5.74, 6) is 1.39. The third-order valence-electron chi connectivity index (χ3n) is 1.73. The van der Waals surface area contributed by atoms with Gasteiger partial charge in [0, 0.05) is 20.3 Å². The number of hydrogen-bond acceptors (Lipinski definition) is 4. The van der Waals surface area contributed by atoms with Crippen LogP contribution in [0.4, 0.5) is 0 Å². The predicted molar refractivity (Wildman–Crippen MR) is 49.2 cm³/mol. The molecule has 74 valence electrons. The molecule has 0 saturated heterocycles. The number of nitrogens with one attached hydrogen (secondary N) is 1. The van der Waals surface area contributed by atoms with Crippen molar-refractivity contribution in [2.45, 2.75) is 13.5 Å². The van der Waals surface area contributed by atoms with Crippen LogP contribution in [0.1, 0.15) is 12.7 Å². The third kappa shape index (κ3) is 4.05. The zero-order chi connectivity index (χ0) is 9.52. The Hall–Kier alpha value is -0.870. The van der Waals surface area contributed by atoms with E-state index >= 15 is 0 Å². The van der Waals surface area contributed by atoms with Crippen molar-refractivity contribution in [2.75, 3.05) is 20.3 Å². The maximum atomic E-state index is 5.07. The second-order valence-corrected chi connectivity index (χ2v) is 3.16. The second kappa shape index (κ2) is 5.72. The van der Waals surface area contributed by atoms with Crippen LogP contribution in [0, 0.1) is 5.92 Å². The van der Waals surface area contributed by atoms with Gasteiger partial charge in [-0.25, -0.2) is 4.98 Å². The Morgan fingerprint density at radius 1 is 1.69 bits per heavy atom. The molecular weight excluding hydrogens is 168 g/mol. The Labute approximate surface area is 78.3 Å². The van der Waals surface area contributed by atoms with Crippen LogP contribution in [-0.2, 0) is 11.3 Å². The van der Waals surface area contributed by atoms with Crippen molar-refractivity contribution in [3.63, 3.8) is 0 Å². The first-order valence-corrected chi connectivity index (χ1v) is 4.40. The third-order valence-corrected chi connectivity index (χ3v) is 1.73. The van der Waals surface area contributed by atoms with Crippen LogP contribution >= 0.6 is 0 Å². The van der Waals surface area contributed by atoms with E-state index in [-0.39, 0.29) is 0 Å². The van der Waals surface area contributed by atoms with E-state index in [2.05, 4.69) is 17.2 Å². The first-order chi connectivity index (χ1) is 6.33. The van der Waals surface area contributed by atoms with Crippen LogP contribution in [0.5, 0.6) is 0 Å². The van der Waals surface area contributed by atoms with Crippen LogP contribution < -0.4 is 5.32 Å². The van der Waals surface area contributed by atoms with E-state index in [1.54, 1.807) is 13.3 Å². The lowest BCUT2D eigenvalue weighted by atomic mass is 10.2. The molecule has 13 heavy (non-hydrogen) atoms. The largest absolute Gasteiger partial charge is 0.447 e. The van der Waals surface area contributed by atoms with Gasteiger partial charge in [0.05, 0.1) is 12.7 Å². The fourth-order valence-corrected chi connectivity index (χ4v) is 1.11. The summed E-state index contributed by atoms with van der Waals surface area (Å²) in [5, 5.41) is 3.26. The smallest absolute Gasteiger partial charge is 0.180 e. The highest BCUT2D eigenvalue weighted by atomic mass is 16.5. The molecule has 1 N–H and O–H groups in total. The molecule has 0 aliphatic heterocycles. The van der Waals surface area contributed by atoms with Crippen molar-refractivity contribution in [3.8, 4) is 0 Å². The second-order valence-electron chi connectivity index (χ2n) is 3.16. The van der Waals surface area contributed by atoms with Gasteiger partial charge in [0.1, 0.15) is 5.76 Å². The number of methoxy groups -OCH3 is 1. The molecule has 1 heterocycles. The van der Waals surface area contributed by atoms with Crippen LogP contribution in [-0.4, -0.2) is 25.2 Å². The molecule has 1 unspecified atom stereocenters. The fourth-order valence-electron chi connectivity index (χ4n) is 1.11. The van der Waals surface area contributed by atoms with Gasteiger partial charge in [-0.3, -0.25) is 0 Å². The van der Waals surface area contributed by atoms with Gasteiger partial charge in [0.2, 0.25) is 0 Å². The van der Waals surface area contributed by atoms with Crippen LogP contribution in [0.3, 0.4) is 0 Å². The van der Waals surface area contributed by atoms with Crippen molar-refractivity contribution in [1.82, 2.24) is 10.3 Å². The highest BCUT2D eigenvalue weighted by molar-refractivity contribution is 4.86. The molecule has 0 amide bonds. The molecule has 0 radical (unpaired) electrons. The summed E-state index contributed by atoms with van der Waals surface area (Å²) in [7, 11) is 1.72. The average molecular weight is 184 g/mol. The topological polar surface area (TPSA) is 47.3 Å². The SMILES string of the molecule is COCC(C)CNCc1cnco1. The van der Waals surface area contributed by atoms with Gasteiger partial charge in [-0.2, -0.15) is 0 Å². The molecule has 1 aromatic rings. The molecule has 0 spiro atoms. The molecule has 0 bridgehead atoms. The summed E-state index contributed by atoms with van der Waals surface area (Å²) in [6.45, 7) is 4.57. The lowest BCUT2D eigenvalue weighted by molar-refractivity contribution is 0.158. The Morgan fingerprint density at radius 3 is 3.15 bits per heavy atom. The van der Waals surface area contributed by atoms with Crippen molar-refractivity contribution < 1.29 is 9.15 Å². The van der Waals surface area contributed by atoms with Crippen molar-refractivity contribution >= 4 is 0 Å². The normalized spacial score (nSPS) is 13.1. The zero-order valence-corrected chi connectivity index (χ0v) is 8.12. The predicted octanol–water partition coefficient (Wildman–Crippen LogP) is 1.05. The minimum atomic E-state index is 0.521. The molecular formula is C9H16N2O2. The van der Waals surface area contributed by atoms with Gasteiger partial charge < -0.3 is 14.5 Å². The van der Waals surface area contributed by atoms with Gasteiger partial charge in [-0.05, 0) is 5.92 Å². The van der Waals surface area contributed by atoms with Gasteiger partial charge in [0.25, 0.3) is 0 Å². The molecule has 0 aliphatic carbocycles.